The Hall–Kier alpha value is -1.63. The van der Waals surface area contributed by atoms with Gasteiger partial charge in [0.2, 0.25) is 0 Å². The summed E-state index contributed by atoms with van der Waals surface area (Å²) in [6.45, 7) is 3.93. The molecular weight excluding hydrogens is 510 g/mol. The van der Waals surface area contributed by atoms with E-state index in [2.05, 4.69) is 25.4 Å². The molecule has 7 nitrogen and oxygen atoms in total. The third-order valence-corrected chi connectivity index (χ3v) is 5.18. The van der Waals surface area contributed by atoms with Crippen molar-refractivity contribution in [2.45, 2.75) is 25.9 Å². The number of nitrogens with zero attached hydrogens (tertiary/aromatic N) is 6. The van der Waals surface area contributed by atoms with E-state index in [4.69, 9.17) is 0 Å². The molecule has 0 bridgehead atoms. The van der Waals surface area contributed by atoms with Crippen LogP contribution in [0.2, 0.25) is 0 Å². The number of aromatic nitrogens is 3. The molecule has 3 rings (SSSR count). The van der Waals surface area contributed by atoms with Crippen LogP contribution in [0.1, 0.15) is 19.2 Å². The molecule has 0 amide bonds. The van der Waals surface area contributed by atoms with Crippen LogP contribution in [0.3, 0.4) is 0 Å². The zero-order valence-electron chi connectivity index (χ0n) is 17.3. The lowest BCUT2D eigenvalue weighted by Gasteiger charge is -2.26. The van der Waals surface area contributed by atoms with Crippen molar-refractivity contribution in [3.05, 3.63) is 30.2 Å². The Kier molecular flexibility index (Phi) is 9.13. The van der Waals surface area contributed by atoms with E-state index in [0.29, 0.717) is 32.6 Å². The molecule has 30 heavy (non-hydrogen) atoms. The first-order valence-corrected chi connectivity index (χ1v) is 9.93. The number of alkyl halides is 3. The van der Waals surface area contributed by atoms with Gasteiger partial charge < -0.3 is 10.2 Å². The first kappa shape index (κ1) is 24.6. The van der Waals surface area contributed by atoms with Gasteiger partial charge in [-0.1, -0.05) is 13.0 Å². The molecule has 1 aliphatic heterocycles. The smallest absolute Gasteiger partial charge is 0.356 e. The molecule has 3 heterocycles. The van der Waals surface area contributed by atoms with Crippen LogP contribution in [-0.2, 0) is 6.42 Å². The SMILES string of the molecule is CCN(CC1CCN(C(=NC)NCCc2nnc3ccccn23)C1)CC(F)(F)F.I. The van der Waals surface area contributed by atoms with E-state index in [1.165, 1.54) is 4.90 Å². The molecule has 0 spiro atoms. The minimum Gasteiger partial charge on any atom is -0.356 e. The Bertz CT molecular complexity index is 824. The Morgan fingerprint density at radius 2 is 2.13 bits per heavy atom. The largest absolute Gasteiger partial charge is 0.401 e. The lowest BCUT2D eigenvalue weighted by Crippen LogP contribution is -2.42. The van der Waals surface area contributed by atoms with E-state index >= 15 is 0 Å². The third-order valence-electron chi connectivity index (χ3n) is 5.18. The van der Waals surface area contributed by atoms with Gasteiger partial charge in [0.05, 0.1) is 6.54 Å². The minimum absolute atomic E-state index is 0. The molecule has 1 aliphatic rings. The first-order chi connectivity index (χ1) is 13.9. The summed E-state index contributed by atoms with van der Waals surface area (Å²) in [4.78, 5) is 7.93. The van der Waals surface area contributed by atoms with E-state index in [0.717, 1.165) is 30.4 Å². The maximum absolute atomic E-state index is 12.7. The number of guanidine groups is 1. The lowest BCUT2D eigenvalue weighted by molar-refractivity contribution is -0.146. The van der Waals surface area contributed by atoms with Gasteiger partial charge in [-0.2, -0.15) is 13.2 Å². The van der Waals surface area contributed by atoms with Crippen LogP contribution in [0, 0.1) is 5.92 Å². The summed E-state index contributed by atoms with van der Waals surface area (Å²) in [5.74, 6) is 1.85. The summed E-state index contributed by atoms with van der Waals surface area (Å²) in [6.07, 6.45) is -0.663. The monoisotopic (exact) mass is 539 g/mol. The highest BCUT2D eigenvalue weighted by atomic mass is 127. The number of nitrogens with one attached hydrogen (secondary N) is 1. The van der Waals surface area contributed by atoms with E-state index in [1.54, 1.807) is 14.0 Å². The average Bonchev–Trinajstić information content (AvgIpc) is 3.31. The fourth-order valence-electron chi connectivity index (χ4n) is 3.78. The minimum atomic E-state index is -4.15. The van der Waals surface area contributed by atoms with Crippen molar-refractivity contribution in [3.8, 4) is 0 Å². The zero-order chi connectivity index (χ0) is 20.9. The molecule has 1 N–H and O–H groups in total. The Morgan fingerprint density at radius 1 is 1.33 bits per heavy atom. The maximum Gasteiger partial charge on any atom is 0.401 e. The molecule has 2 aromatic rings. The summed E-state index contributed by atoms with van der Waals surface area (Å²) in [5.41, 5.74) is 0.814. The first-order valence-electron chi connectivity index (χ1n) is 9.93. The van der Waals surface area contributed by atoms with Crippen LogP contribution in [-0.4, -0.2) is 82.8 Å². The summed E-state index contributed by atoms with van der Waals surface area (Å²) in [5, 5.41) is 11.7. The van der Waals surface area contributed by atoms with Crippen molar-refractivity contribution < 1.29 is 13.2 Å². The normalized spacial score (nSPS) is 17.6. The third kappa shape index (κ3) is 6.69. The van der Waals surface area contributed by atoms with Gasteiger partial charge in [-0.05, 0) is 31.0 Å². The van der Waals surface area contributed by atoms with Gasteiger partial charge in [-0.15, -0.1) is 34.2 Å². The second-order valence-corrected chi connectivity index (χ2v) is 7.31. The molecule has 0 saturated carbocycles. The van der Waals surface area contributed by atoms with Crippen LogP contribution in [0.4, 0.5) is 13.2 Å². The second-order valence-electron chi connectivity index (χ2n) is 7.31. The number of likely N-dealkylation sites (tertiary alicyclic amines) is 1. The van der Waals surface area contributed by atoms with Crippen molar-refractivity contribution in [2.75, 3.05) is 46.3 Å². The van der Waals surface area contributed by atoms with Gasteiger partial charge in [-0.3, -0.25) is 14.3 Å². The standard InChI is InChI=1S/C19H28F3N7.HI/c1-3-27(14-19(20,21)22)12-15-8-11-28(13-15)18(23-2)24-9-7-17-26-25-16-6-4-5-10-29(16)17;/h4-6,10,15H,3,7-9,11-14H2,1-2H3,(H,23,24);1H. The highest BCUT2D eigenvalue weighted by Gasteiger charge is 2.33. The molecule has 168 valence electrons. The van der Waals surface area contributed by atoms with Gasteiger partial charge in [0, 0.05) is 45.8 Å². The van der Waals surface area contributed by atoms with Crippen LogP contribution < -0.4 is 5.32 Å². The molecule has 0 radical (unpaired) electrons. The van der Waals surface area contributed by atoms with E-state index in [-0.39, 0.29) is 29.9 Å². The topological polar surface area (TPSA) is 61.1 Å². The predicted molar refractivity (Wildman–Crippen MR) is 121 cm³/mol. The molecule has 2 aromatic heterocycles. The predicted octanol–water partition coefficient (Wildman–Crippen LogP) is 2.67. The molecule has 1 fully saturated rings. The molecule has 1 atom stereocenters. The molecular formula is C19H29F3IN7. The van der Waals surface area contributed by atoms with Gasteiger partial charge in [-0.25, -0.2) is 0 Å². The second kappa shape index (κ2) is 11.1. The quantitative estimate of drug-likeness (QED) is 0.333. The van der Waals surface area contributed by atoms with Crippen LogP contribution in [0.5, 0.6) is 0 Å². The number of aliphatic imine (C=N–C) groups is 1. The van der Waals surface area contributed by atoms with Crippen molar-refractivity contribution >= 4 is 35.6 Å². The van der Waals surface area contributed by atoms with Gasteiger partial charge in [0.25, 0.3) is 0 Å². The molecule has 1 saturated heterocycles. The maximum atomic E-state index is 12.7. The zero-order valence-corrected chi connectivity index (χ0v) is 19.6. The number of fused-ring (bicyclic) bond motifs is 1. The number of halogens is 4. The summed E-state index contributed by atoms with van der Waals surface area (Å²) in [7, 11) is 1.73. The van der Waals surface area contributed by atoms with Crippen LogP contribution in [0.25, 0.3) is 5.65 Å². The number of pyridine rings is 1. The van der Waals surface area contributed by atoms with Crippen LogP contribution >= 0.6 is 24.0 Å². The number of hydrogen-bond donors (Lipinski definition) is 1. The fraction of sp³-hybridized carbons (Fsp3) is 0.632. The van der Waals surface area contributed by atoms with E-state index in [9.17, 15) is 13.2 Å². The van der Waals surface area contributed by atoms with Crippen molar-refractivity contribution in [3.63, 3.8) is 0 Å². The number of rotatable bonds is 7. The van der Waals surface area contributed by atoms with E-state index in [1.807, 2.05) is 28.8 Å². The highest BCUT2D eigenvalue weighted by molar-refractivity contribution is 14.0. The van der Waals surface area contributed by atoms with Gasteiger partial charge in [0.15, 0.2) is 11.6 Å². The molecule has 11 heteroatoms. The average molecular weight is 539 g/mol. The Balaban J connectivity index is 0.00000320. The molecule has 0 aromatic carbocycles. The Labute approximate surface area is 191 Å². The number of hydrogen-bond acceptors (Lipinski definition) is 4. The highest BCUT2D eigenvalue weighted by Crippen LogP contribution is 2.21. The van der Waals surface area contributed by atoms with E-state index < -0.39 is 12.7 Å². The van der Waals surface area contributed by atoms with Gasteiger partial charge >= 0.3 is 6.18 Å². The van der Waals surface area contributed by atoms with Crippen LogP contribution in [0.15, 0.2) is 29.4 Å². The summed E-state index contributed by atoms with van der Waals surface area (Å²) >= 11 is 0. The fourth-order valence-corrected chi connectivity index (χ4v) is 3.78. The summed E-state index contributed by atoms with van der Waals surface area (Å²) < 4.78 is 40.0. The van der Waals surface area contributed by atoms with Crippen molar-refractivity contribution in [1.29, 1.82) is 0 Å². The van der Waals surface area contributed by atoms with Crippen molar-refractivity contribution in [2.24, 2.45) is 10.9 Å². The van der Waals surface area contributed by atoms with Crippen molar-refractivity contribution in [1.82, 2.24) is 29.7 Å². The molecule has 0 aliphatic carbocycles. The molecule has 1 unspecified atom stereocenters. The summed E-state index contributed by atoms with van der Waals surface area (Å²) in [6, 6.07) is 5.77. The van der Waals surface area contributed by atoms with Gasteiger partial charge in [0.1, 0.15) is 5.82 Å². The lowest BCUT2D eigenvalue weighted by atomic mass is 10.1. The Morgan fingerprint density at radius 3 is 2.83 bits per heavy atom.